The van der Waals surface area contributed by atoms with Crippen LogP contribution in [-0.2, 0) is 10.4 Å². The molecule has 0 saturated heterocycles. The van der Waals surface area contributed by atoms with Crippen LogP contribution in [0, 0.1) is 0 Å². The van der Waals surface area contributed by atoms with Crippen molar-refractivity contribution in [2.24, 2.45) is 0 Å². The van der Waals surface area contributed by atoms with Crippen molar-refractivity contribution in [1.29, 1.82) is 0 Å². The molecule has 1 aliphatic carbocycles. The zero-order chi connectivity index (χ0) is 19.3. The van der Waals surface area contributed by atoms with Crippen LogP contribution in [0.4, 0.5) is 0 Å². The van der Waals surface area contributed by atoms with Crippen LogP contribution in [0.5, 0.6) is 5.75 Å². The van der Waals surface area contributed by atoms with Crippen LogP contribution in [0.25, 0.3) is 0 Å². The molecule has 1 aromatic rings. The van der Waals surface area contributed by atoms with Gasteiger partial charge in [-0.15, -0.1) is 0 Å². The van der Waals surface area contributed by atoms with E-state index in [2.05, 4.69) is 42.2 Å². The molecule has 0 unspecified atom stereocenters. The number of thiol groups is 1. The topological polar surface area (TPSA) is 95.9 Å². The molecule has 0 atom stereocenters. The smallest absolute Gasteiger partial charge is 0.394 e. The Morgan fingerprint density at radius 3 is 2.23 bits per heavy atom. The van der Waals surface area contributed by atoms with E-state index in [1.54, 1.807) is 0 Å². The lowest BCUT2D eigenvalue weighted by atomic mass is 9.84. The number of hydrogen-bond acceptors (Lipinski definition) is 5. The fourth-order valence-electron chi connectivity index (χ4n) is 3.02. The predicted molar refractivity (Wildman–Crippen MR) is 108 cm³/mol. The third-order valence-corrected chi connectivity index (χ3v) is 4.49. The molecule has 1 aliphatic rings. The highest BCUT2D eigenvalue weighted by Gasteiger charge is 2.15. The molecule has 0 heterocycles. The minimum atomic E-state index is -4.67. The van der Waals surface area contributed by atoms with Crippen LogP contribution in [0.3, 0.4) is 0 Å². The van der Waals surface area contributed by atoms with Crippen LogP contribution < -0.4 is 10.1 Å². The van der Waals surface area contributed by atoms with Crippen LogP contribution in [0.1, 0.15) is 56.4 Å². The molecular weight excluding hydrogens is 374 g/mol. The maximum atomic E-state index is 8.74. The van der Waals surface area contributed by atoms with Gasteiger partial charge in [0, 0.05) is 12.3 Å². The lowest BCUT2D eigenvalue weighted by Gasteiger charge is -2.22. The largest absolute Gasteiger partial charge is 0.494 e. The molecule has 6 nitrogen and oxygen atoms in total. The second-order valence-electron chi connectivity index (χ2n) is 6.38. The van der Waals surface area contributed by atoms with Crippen LogP contribution in [0.2, 0.25) is 0 Å². The molecule has 150 valence electrons. The number of nitrogens with one attached hydrogen (secondary N) is 1. The molecule has 1 saturated carbocycles. The summed E-state index contributed by atoms with van der Waals surface area (Å²) in [6, 6.07) is 8.81. The van der Waals surface area contributed by atoms with E-state index in [0.29, 0.717) is 0 Å². The quantitative estimate of drug-likeness (QED) is 0.284. The molecule has 0 bridgehead atoms. The molecule has 1 aromatic carbocycles. The standard InChI is InChI=1S/C18H29NOS.H2O4S/c21-15-13-19-12-4-5-14-20-18-10-8-17(9-11-18)16-6-2-1-3-7-16;1-5(2,3)4/h8-11,16,19,21H,1-7,12-15H2;(H2,1,2,3,4). The summed E-state index contributed by atoms with van der Waals surface area (Å²) in [6.45, 7) is 2.86. The Balaban J connectivity index is 0.000000597. The van der Waals surface area contributed by atoms with Gasteiger partial charge in [-0.1, -0.05) is 31.4 Å². The van der Waals surface area contributed by atoms with E-state index in [1.807, 2.05) is 0 Å². The Kier molecular flexibility index (Phi) is 12.0. The van der Waals surface area contributed by atoms with Crippen molar-refractivity contribution in [2.45, 2.75) is 50.9 Å². The van der Waals surface area contributed by atoms with Gasteiger partial charge in [0.2, 0.25) is 0 Å². The third kappa shape index (κ3) is 12.5. The first kappa shape index (κ1) is 23.2. The van der Waals surface area contributed by atoms with Gasteiger partial charge >= 0.3 is 10.4 Å². The average molecular weight is 406 g/mol. The van der Waals surface area contributed by atoms with Gasteiger partial charge in [-0.05, 0) is 55.8 Å². The molecule has 0 spiro atoms. The monoisotopic (exact) mass is 405 g/mol. The fraction of sp³-hybridized carbons (Fsp3) is 0.667. The first-order chi connectivity index (χ1) is 12.4. The minimum Gasteiger partial charge on any atom is -0.494 e. The Hall–Kier alpha value is -0.800. The Morgan fingerprint density at radius 1 is 1.04 bits per heavy atom. The van der Waals surface area contributed by atoms with Crippen LogP contribution >= 0.6 is 12.6 Å². The summed E-state index contributed by atoms with van der Waals surface area (Å²) >= 11 is 4.17. The first-order valence-electron chi connectivity index (χ1n) is 9.14. The minimum absolute atomic E-state index is 0.783. The Morgan fingerprint density at radius 2 is 1.65 bits per heavy atom. The molecule has 0 radical (unpaired) electrons. The lowest BCUT2D eigenvalue weighted by Crippen LogP contribution is -2.18. The Labute approximate surface area is 162 Å². The van der Waals surface area contributed by atoms with Gasteiger partial charge in [0.1, 0.15) is 5.75 Å². The van der Waals surface area contributed by atoms with Crippen molar-refractivity contribution in [3.05, 3.63) is 29.8 Å². The summed E-state index contributed by atoms with van der Waals surface area (Å²) in [5.41, 5.74) is 1.50. The van der Waals surface area contributed by atoms with Gasteiger partial charge in [-0.25, -0.2) is 0 Å². The first-order valence-corrected chi connectivity index (χ1v) is 11.2. The predicted octanol–water partition coefficient (Wildman–Crippen LogP) is 3.76. The average Bonchev–Trinajstić information content (AvgIpc) is 2.61. The van der Waals surface area contributed by atoms with E-state index in [1.165, 1.54) is 37.7 Å². The van der Waals surface area contributed by atoms with E-state index in [0.717, 1.165) is 50.0 Å². The van der Waals surface area contributed by atoms with Crippen molar-refractivity contribution in [3.63, 3.8) is 0 Å². The van der Waals surface area contributed by atoms with Gasteiger partial charge in [-0.2, -0.15) is 21.0 Å². The Bertz CT molecular complexity index is 564. The van der Waals surface area contributed by atoms with E-state index in [4.69, 9.17) is 22.3 Å². The number of ether oxygens (including phenoxy) is 1. The van der Waals surface area contributed by atoms with Crippen molar-refractivity contribution >= 4 is 23.0 Å². The molecule has 2 rings (SSSR count). The number of hydrogen-bond donors (Lipinski definition) is 4. The zero-order valence-electron chi connectivity index (χ0n) is 15.1. The second kappa shape index (κ2) is 13.4. The highest BCUT2D eigenvalue weighted by atomic mass is 32.3. The van der Waals surface area contributed by atoms with E-state index >= 15 is 0 Å². The molecule has 1 fully saturated rings. The molecule has 0 aromatic heterocycles. The molecule has 8 heteroatoms. The molecule has 0 amide bonds. The summed E-state index contributed by atoms with van der Waals surface area (Å²) in [5.74, 6) is 2.70. The highest BCUT2D eigenvalue weighted by molar-refractivity contribution is 7.80. The van der Waals surface area contributed by atoms with Gasteiger partial charge in [0.05, 0.1) is 6.61 Å². The van der Waals surface area contributed by atoms with Crippen LogP contribution in [-0.4, -0.2) is 43.0 Å². The van der Waals surface area contributed by atoms with Gasteiger partial charge in [-0.3, -0.25) is 9.11 Å². The number of rotatable bonds is 9. The summed E-state index contributed by atoms with van der Waals surface area (Å²) in [5, 5.41) is 3.35. The van der Waals surface area contributed by atoms with Crippen molar-refractivity contribution in [1.82, 2.24) is 5.32 Å². The summed E-state index contributed by atoms with van der Waals surface area (Å²) < 4.78 is 37.4. The van der Waals surface area contributed by atoms with E-state index in [-0.39, 0.29) is 0 Å². The summed E-state index contributed by atoms with van der Waals surface area (Å²) in [4.78, 5) is 0. The molecular formula is C18H31NO5S2. The van der Waals surface area contributed by atoms with Gasteiger partial charge < -0.3 is 10.1 Å². The van der Waals surface area contributed by atoms with Gasteiger partial charge in [0.25, 0.3) is 0 Å². The lowest BCUT2D eigenvalue weighted by molar-refractivity contribution is 0.306. The number of benzene rings is 1. The molecule has 26 heavy (non-hydrogen) atoms. The normalized spacial score (nSPS) is 15.2. The zero-order valence-corrected chi connectivity index (χ0v) is 16.9. The summed E-state index contributed by atoms with van der Waals surface area (Å²) in [6.07, 6.45) is 9.19. The van der Waals surface area contributed by atoms with E-state index in [9.17, 15) is 0 Å². The number of unbranched alkanes of at least 4 members (excludes halogenated alkanes) is 1. The highest BCUT2D eigenvalue weighted by Crippen LogP contribution is 2.33. The molecule has 0 aliphatic heterocycles. The summed E-state index contributed by atoms with van der Waals surface area (Å²) in [7, 11) is -4.67. The second-order valence-corrected chi connectivity index (χ2v) is 7.72. The SMILES string of the molecule is O=S(=O)(O)O.SCCNCCCCOc1ccc(C2CCCCC2)cc1. The van der Waals surface area contributed by atoms with Crippen molar-refractivity contribution in [3.8, 4) is 5.75 Å². The van der Waals surface area contributed by atoms with E-state index < -0.39 is 10.4 Å². The fourth-order valence-corrected chi connectivity index (χ4v) is 3.18. The maximum absolute atomic E-state index is 8.74. The van der Waals surface area contributed by atoms with Crippen molar-refractivity contribution in [2.75, 3.05) is 25.4 Å². The maximum Gasteiger partial charge on any atom is 0.394 e. The molecule has 3 N–H and O–H groups in total. The van der Waals surface area contributed by atoms with Crippen molar-refractivity contribution < 1.29 is 22.3 Å². The van der Waals surface area contributed by atoms with Gasteiger partial charge in [0.15, 0.2) is 0 Å². The van der Waals surface area contributed by atoms with Crippen LogP contribution in [0.15, 0.2) is 24.3 Å². The third-order valence-electron chi connectivity index (χ3n) is 4.26.